The SMILES string of the molecule is Cc1ccccc1CCC(=O)NCC(C)(O)c1ccc(F)cc1. The summed E-state index contributed by atoms with van der Waals surface area (Å²) in [6.45, 7) is 3.71. The van der Waals surface area contributed by atoms with E-state index in [0.29, 0.717) is 18.4 Å². The number of benzene rings is 2. The Morgan fingerprint density at radius 1 is 1.17 bits per heavy atom. The van der Waals surface area contributed by atoms with Gasteiger partial charge >= 0.3 is 0 Å². The lowest BCUT2D eigenvalue weighted by Crippen LogP contribution is -2.38. The maximum Gasteiger partial charge on any atom is 0.220 e. The van der Waals surface area contributed by atoms with Crippen molar-refractivity contribution < 1.29 is 14.3 Å². The van der Waals surface area contributed by atoms with Crippen LogP contribution in [0, 0.1) is 12.7 Å². The molecule has 3 nitrogen and oxygen atoms in total. The summed E-state index contributed by atoms with van der Waals surface area (Å²) in [4.78, 5) is 12.0. The fourth-order valence-electron chi connectivity index (χ4n) is 2.41. The number of hydrogen-bond donors (Lipinski definition) is 2. The van der Waals surface area contributed by atoms with Crippen molar-refractivity contribution in [2.45, 2.75) is 32.3 Å². The molecule has 0 fully saturated rings. The third-order valence-corrected chi connectivity index (χ3v) is 3.98. The Bertz CT molecular complexity index is 665. The second kappa shape index (κ2) is 7.38. The largest absolute Gasteiger partial charge is 0.384 e. The van der Waals surface area contributed by atoms with Crippen LogP contribution in [0.1, 0.15) is 30.0 Å². The average molecular weight is 315 g/mol. The van der Waals surface area contributed by atoms with Gasteiger partial charge in [-0.2, -0.15) is 0 Å². The van der Waals surface area contributed by atoms with Crippen molar-refractivity contribution in [1.29, 1.82) is 0 Å². The fourth-order valence-corrected chi connectivity index (χ4v) is 2.41. The molecule has 0 aliphatic heterocycles. The first-order valence-corrected chi connectivity index (χ1v) is 7.68. The number of amides is 1. The summed E-state index contributed by atoms with van der Waals surface area (Å²) in [5.74, 6) is -0.470. The summed E-state index contributed by atoms with van der Waals surface area (Å²) in [6, 6.07) is 13.6. The topological polar surface area (TPSA) is 49.3 Å². The summed E-state index contributed by atoms with van der Waals surface area (Å²) in [6.07, 6.45) is 1.03. The van der Waals surface area contributed by atoms with E-state index in [4.69, 9.17) is 0 Å². The number of hydrogen-bond acceptors (Lipinski definition) is 2. The van der Waals surface area contributed by atoms with Gasteiger partial charge in [0, 0.05) is 6.42 Å². The molecule has 0 spiro atoms. The standard InChI is InChI=1S/C19H22FNO2/c1-14-5-3-4-6-15(14)7-12-18(22)21-13-19(2,23)16-8-10-17(20)11-9-16/h3-6,8-11,23H,7,12-13H2,1-2H3,(H,21,22). The second-order valence-electron chi connectivity index (χ2n) is 5.98. The van der Waals surface area contributed by atoms with Gasteiger partial charge < -0.3 is 10.4 Å². The van der Waals surface area contributed by atoms with Gasteiger partial charge in [-0.25, -0.2) is 4.39 Å². The number of carbonyl (C=O) groups excluding carboxylic acids is 1. The van der Waals surface area contributed by atoms with Crippen molar-refractivity contribution in [3.63, 3.8) is 0 Å². The van der Waals surface area contributed by atoms with Gasteiger partial charge in [0.15, 0.2) is 0 Å². The Balaban J connectivity index is 1.86. The third-order valence-electron chi connectivity index (χ3n) is 3.98. The molecule has 2 aromatic rings. The van der Waals surface area contributed by atoms with E-state index in [1.54, 1.807) is 6.92 Å². The number of aryl methyl sites for hydroxylation is 2. The van der Waals surface area contributed by atoms with Gasteiger partial charge in [0.2, 0.25) is 5.91 Å². The van der Waals surface area contributed by atoms with E-state index in [2.05, 4.69) is 5.32 Å². The zero-order valence-electron chi connectivity index (χ0n) is 13.5. The minimum absolute atomic E-state index is 0.0885. The first-order chi connectivity index (χ1) is 10.9. The quantitative estimate of drug-likeness (QED) is 0.860. The molecule has 0 aromatic heterocycles. The molecule has 0 heterocycles. The van der Waals surface area contributed by atoms with Crippen LogP contribution in [0.25, 0.3) is 0 Å². The van der Waals surface area contributed by atoms with E-state index in [9.17, 15) is 14.3 Å². The maximum atomic E-state index is 12.9. The minimum atomic E-state index is -1.23. The molecule has 0 radical (unpaired) electrons. The van der Waals surface area contributed by atoms with Crippen molar-refractivity contribution in [2.75, 3.05) is 6.54 Å². The molecule has 0 saturated heterocycles. The zero-order valence-corrected chi connectivity index (χ0v) is 13.5. The molecule has 1 atom stereocenters. The molecule has 0 saturated carbocycles. The highest BCUT2D eigenvalue weighted by Gasteiger charge is 2.23. The molecule has 0 aliphatic carbocycles. The van der Waals surface area contributed by atoms with E-state index < -0.39 is 5.60 Å². The maximum absolute atomic E-state index is 12.9. The summed E-state index contributed by atoms with van der Waals surface area (Å²) in [5, 5.41) is 13.2. The lowest BCUT2D eigenvalue weighted by Gasteiger charge is -2.24. The summed E-state index contributed by atoms with van der Waals surface area (Å²) in [5.41, 5.74) is 1.65. The smallest absolute Gasteiger partial charge is 0.220 e. The molecule has 1 amide bonds. The number of halogens is 1. The van der Waals surface area contributed by atoms with E-state index >= 15 is 0 Å². The van der Waals surface area contributed by atoms with Gasteiger partial charge in [-0.1, -0.05) is 36.4 Å². The van der Waals surface area contributed by atoms with Crippen LogP contribution in [0.2, 0.25) is 0 Å². The van der Waals surface area contributed by atoms with Crippen LogP contribution in [0.3, 0.4) is 0 Å². The average Bonchev–Trinajstić information content (AvgIpc) is 2.53. The Hall–Kier alpha value is -2.20. The molecular formula is C19H22FNO2. The van der Waals surface area contributed by atoms with Gasteiger partial charge in [-0.3, -0.25) is 4.79 Å². The fraction of sp³-hybridized carbons (Fsp3) is 0.316. The van der Waals surface area contributed by atoms with Crippen LogP contribution in [-0.2, 0) is 16.8 Å². The Labute approximate surface area is 136 Å². The van der Waals surface area contributed by atoms with Crippen LogP contribution in [0.4, 0.5) is 4.39 Å². The van der Waals surface area contributed by atoms with Gasteiger partial charge in [0.25, 0.3) is 0 Å². The number of aliphatic hydroxyl groups is 1. The molecule has 0 bridgehead atoms. The zero-order chi connectivity index (χ0) is 16.9. The normalized spacial score (nSPS) is 13.4. The minimum Gasteiger partial charge on any atom is -0.384 e. The van der Waals surface area contributed by atoms with Gasteiger partial charge in [0.05, 0.1) is 6.54 Å². The summed E-state index contributed by atoms with van der Waals surface area (Å²) >= 11 is 0. The molecule has 1 unspecified atom stereocenters. The first-order valence-electron chi connectivity index (χ1n) is 7.68. The number of carbonyl (C=O) groups is 1. The first kappa shape index (κ1) is 17.2. The monoisotopic (exact) mass is 315 g/mol. The number of rotatable bonds is 6. The van der Waals surface area contributed by atoms with E-state index in [1.807, 2.05) is 31.2 Å². The van der Waals surface area contributed by atoms with Gasteiger partial charge in [-0.05, 0) is 49.1 Å². The van der Waals surface area contributed by atoms with Crippen molar-refractivity contribution >= 4 is 5.91 Å². The third kappa shape index (κ3) is 4.89. The van der Waals surface area contributed by atoms with Crippen LogP contribution >= 0.6 is 0 Å². The predicted molar refractivity (Wildman–Crippen MR) is 88.5 cm³/mol. The highest BCUT2D eigenvalue weighted by Crippen LogP contribution is 2.20. The molecule has 2 aromatic carbocycles. The number of nitrogens with one attached hydrogen (secondary N) is 1. The molecule has 23 heavy (non-hydrogen) atoms. The van der Waals surface area contributed by atoms with Crippen LogP contribution < -0.4 is 5.32 Å². The van der Waals surface area contributed by atoms with Gasteiger partial charge in [0.1, 0.15) is 11.4 Å². The van der Waals surface area contributed by atoms with Crippen molar-refractivity contribution in [2.24, 2.45) is 0 Å². The predicted octanol–water partition coefficient (Wildman–Crippen LogP) is 3.09. The molecule has 4 heteroatoms. The summed E-state index contributed by atoms with van der Waals surface area (Å²) in [7, 11) is 0. The van der Waals surface area contributed by atoms with Crippen LogP contribution in [-0.4, -0.2) is 17.6 Å². The highest BCUT2D eigenvalue weighted by molar-refractivity contribution is 5.76. The van der Waals surface area contributed by atoms with E-state index in [-0.39, 0.29) is 18.3 Å². The Morgan fingerprint density at radius 3 is 2.48 bits per heavy atom. The van der Waals surface area contributed by atoms with Crippen molar-refractivity contribution in [3.8, 4) is 0 Å². The lowest BCUT2D eigenvalue weighted by molar-refractivity contribution is -0.122. The van der Waals surface area contributed by atoms with E-state index in [0.717, 1.165) is 5.56 Å². The van der Waals surface area contributed by atoms with Crippen LogP contribution in [0.5, 0.6) is 0 Å². The summed E-state index contributed by atoms with van der Waals surface area (Å²) < 4.78 is 12.9. The molecule has 2 rings (SSSR count). The molecule has 2 N–H and O–H groups in total. The Morgan fingerprint density at radius 2 is 1.83 bits per heavy atom. The second-order valence-corrected chi connectivity index (χ2v) is 5.98. The van der Waals surface area contributed by atoms with Crippen LogP contribution in [0.15, 0.2) is 48.5 Å². The molecule has 0 aliphatic rings. The molecule has 122 valence electrons. The Kier molecular flexibility index (Phi) is 5.50. The molecular weight excluding hydrogens is 293 g/mol. The van der Waals surface area contributed by atoms with E-state index in [1.165, 1.54) is 29.8 Å². The van der Waals surface area contributed by atoms with Crippen molar-refractivity contribution in [3.05, 3.63) is 71.0 Å². The van der Waals surface area contributed by atoms with Crippen molar-refractivity contribution in [1.82, 2.24) is 5.32 Å². The highest BCUT2D eigenvalue weighted by atomic mass is 19.1. The lowest BCUT2D eigenvalue weighted by atomic mass is 9.96. The van der Waals surface area contributed by atoms with Gasteiger partial charge in [-0.15, -0.1) is 0 Å².